The van der Waals surface area contributed by atoms with Gasteiger partial charge < -0.3 is 5.73 Å². The van der Waals surface area contributed by atoms with Gasteiger partial charge in [0, 0.05) is 0 Å². The van der Waals surface area contributed by atoms with Gasteiger partial charge in [0.05, 0.1) is 0 Å². The van der Waals surface area contributed by atoms with Crippen molar-refractivity contribution in [3.63, 3.8) is 0 Å². The lowest BCUT2D eigenvalue weighted by atomic mass is 9.96. The fourth-order valence-electron chi connectivity index (χ4n) is 1.93. The molecule has 1 atom stereocenters. The van der Waals surface area contributed by atoms with Gasteiger partial charge in [-0.15, -0.1) is 0 Å². The summed E-state index contributed by atoms with van der Waals surface area (Å²) in [5, 5.41) is 0. The fraction of sp³-hybridized carbons (Fsp3) is 0.200. The second-order valence-electron chi connectivity index (χ2n) is 4.38. The predicted octanol–water partition coefficient (Wildman–Crippen LogP) is 3.93. The van der Waals surface area contributed by atoms with Crippen LogP contribution in [0, 0.1) is 11.6 Å². The van der Waals surface area contributed by atoms with Crippen LogP contribution in [-0.4, -0.2) is 0 Å². The van der Waals surface area contributed by atoms with Gasteiger partial charge in [-0.05, 0) is 47.4 Å². The van der Waals surface area contributed by atoms with Gasteiger partial charge in [-0.3, -0.25) is 0 Å². The Bertz CT molecular complexity index is 579. The normalized spacial score (nSPS) is 14.2. The number of aryl methyl sites for hydroxylation is 1. The van der Waals surface area contributed by atoms with E-state index in [-0.39, 0.29) is 11.6 Å². The minimum Gasteiger partial charge on any atom is -0.305 e. The third-order valence-corrected chi connectivity index (χ3v) is 3.55. The minimum atomic E-state index is -1.30. The summed E-state index contributed by atoms with van der Waals surface area (Å²) in [4.78, 5) is -1.30. The molecule has 0 aliphatic rings. The third-order valence-electron chi connectivity index (χ3n) is 3.11. The molecule has 2 rings (SSSR count). The molecule has 0 saturated heterocycles. The van der Waals surface area contributed by atoms with Crippen LogP contribution in [0.25, 0.3) is 0 Å². The Morgan fingerprint density at radius 3 is 2.21 bits per heavy atom. The number of nitrogens with two attached hydrogens (primary N) is 1. The molecule has 2 aromatic rings. The van der Waals surface area contributed by atoms with E-state index in [1.54, 1.807) is 12.1 Å². The van der Waals surface area contributed by atoms with Gasteiger partial charge in [-0.25, -0.2) is 8.78 Å². The van der Waals surface area contributed by atoms with Crippen molar-refractivity contribution >= 4 is 11.6 Å². The fourth-order valence-corrected chi connectivity index (χ4v) is 2.17. The van der Waals surface area contributed by atoms with Crippen LogP contribution in [0.5, 0.6) is 0 Å². The van der Waals surface area contributed by atoms with Crippen LogP contribution in [0.1, 0.15) is 23.6 Å². The molecule has 1 nitrogen and oxygen atoms in total. The number of alkyl halides is 1. The Hall–Kier alpha value is -1.45. The van der Waals surface area contributed by atoms with Gasteiger partial charge in [0.1, 0.15) is 16.6 Å². The summed E-state index contributed by atoms with van der Waals surface area (Å²) in [6, 6.07) is 10.2. The molecule has 0 aromatic heterocycles. The van der Waals surface area contributed by atoms with E-state index in [4.69, 9.17) is 17.3 Å². The van der Waals surface area contributed by atoms with E-state index in [2.05, 4.69) is 0 Å². The van der Waals surface area contributed by atoms with Crippen LogP contribution in [0.2, 0.25) is 0 Å². The lowest BCUT2D eigenvalue weighted by Crippen LogP contribution is -2.31. The van der Waals surface area contributed by atoms with E-state index in [0.717, 1.165) is 0 Å². The van der Waals surface area contributed by atoms with Gasteiger partial charge >= 0.3 is 0 Å². The number of halogens is 3. The van der Waals surface area contributed by atoms with Crippen LogP contribution in [-0.2, 0) is 11.4 Å². The Morgan fingerprint density at radius 2 is 1.63 bits per heavy atom. The molecule has 2 N–H and O–H groups in total. The summed E-state index contributed by atoms with van der Waals surface area (Å²) in [5.41, 5.74) is 7.80. The topological polar surface area (TPSA) is 26.0 Å². The minimum absolute atomic E-state index is 0.280. The lowest BCUT2D eigenvalue weighted by Gasteiger charge is -2.24. The Balaban J connectivity index is 2.46. The molecule has 0 heterocycles. The van der Waals surface area contributed by atoms with E-state index in [0.29, 0.717) is 23.1 Å². The van der Waals surface area contributed by atoms with Crippen molar-refractivity contribution in [3.8, 4) is 0 Å². The number of rotatable bonds is 3. The quantitative estimate of drug-likeness (QED) is 0.670. The van der Waals surface area contributed by atoms with Crippen LogP contribution in [0.4, 0.5) is 8.78 Å². The van der Waals surface area contributed by atoms with Crippen LogP contribution < -0.4 is 5.73 Å². The molecule has 19 heavy (non-hydrogen) atoms. The summed E-state index contributed by atoms with van der Waals surface area (Å²) in [5.74, 6) is -0.637. The SMILES string of the molecule is CCc1cc(C(N)(Cl)c2ccc(F)cc2)ccc1F. The predicted molar refractivity (Wildman–Crippen MR) is 73.0 cm³/mol. The van der Waals surface area contributed by atoms with Crippen LogP contribution >= 0.6 is 11.6 Å². The Morgan fingerprint density at radius 1 is 1.05 bits per heavy atom. The van der Waals surface area contributed by atoms with Crippen molar-refractivity contribution in [2.75, 3.05) is 0 Å². The van der Waals surface area contributed by atoms with Gasteiger partial charge in [-0.2, -0.15) is 0 Å². The molecule has 0 bridgehead atoms. The van der Waals surface area contributed by atoms with Crippen molar-refractivity contribution in [2.45, 2.75) is 18.3 Å². The summed E-state index contributed by atoms with van der Waals surface area (Å²) in [7, 11) is 0. The molecular weight excluding hydrogens is 268 g/mol. The monoisotopic (exact) mass is 281 g/mol. The van der Waals surface area contributed by atoms with Crippen molar-refractivity contribution in [1.82, 2.24) is 0 Å². The zero-order valence-corrected chi connectivity index (χ0v) is 11.2. The number of benzene rings is 2. The maximum atomic E-state index is 13.5. The summed E-state index contributed by atoms with van der Waals surface area (Å²) in [6.07, 6.45) is 0.552. The lowest BCUT2D eigenvalue weighted by molar-refractivity contribution is 0.609. The first-order valence-corrected chi connectivity index (χ1v) is 6.35. The first-order valence-electron chi connectivity index (χ1n) is 5.98. The van der Waals surface area contributed by atoms with E-state index in [9.17, 15) is 8.78 Å². The molecule has 0 amide bonds. The molecular formula is C15H14ClF2N. The Labute approximate surface area is 116 Å². The molecule has 0 aliphatic heterocycles. The molecule has 100 valence electrons. The third kappa shape index (κ3) is 2.77. The van der Waals surface area contributed by atoms with Crippen molar-refractivity contribution < 1.29 is 8.78 Å². The summed E-state index contributed by atoms with van der Waals surface area (Å²) in [6.45, 7) is 1.85. The molecule has 2 aromatic carbocycles. The molecule has 0 fully saturated rings. The molecule has 1 unspecified atom stereocenters. The average molecular weight is 282 g/mol. The van der Waals surface area contributed by atoms with Gasteiger partial charge in [0.25, 0.3) is 0 Å². The second kappa shape index (κ2) is 5.27. The summed E-state index contributed by atoms with van der Waals surface area (Å²) >= 11 is 6.35. The summed E-state index contributed by atoms with van der Waals surface area (Å²) < 4.78 is 26.4. The molecule has 0 spiro atoms. The smallest absolute Gasteiger partial charge is 0.142 e. The number of hydrogen-bond acceptors (Lipinski definition) is 1. The highest BCUT2D eigenvalue weighted by molar-refractivity contribution is 6.25. The zero-order valence-electron chi connectivity index (χ0n) is 10.5. The molecule has 0 aliphatic carbocycles. The first-order chi connectivity index (χ1) is 8.95. The second-order valence-corrected chi connectivity index (χ2v) is 4.97. The van der Waals surface area contributed by atoms with E-state index in [1.807, 2.05) is 6.92 Å². The maximum Gasteiger partial charge on any atom is 0.142 e. The first kappa shape index (κ1) is 14.0. The highest BCUT2D eigenvalue weighted by Crippen LogP contribution is 2.32. The van der Waals surface area contributed by atoms with E-state index in [1.165, 1.54) is 30.3 Å². The Kier molecular flexibility index (Phi) is 3.88. The van der Waals surface area contributed by atoms with Crippen molar-refractivity contribution in [1.29, 1.82) is 0 Å². The highest BCUT2D eigenvalue weighted by Gasteiger charge is 2.27. The van der Waals surface area contributed by atoms with Gasteiger partial charge in [0.15, 0.2) is 0 Å². The van der Waals surface area contributed by atoms with Gasteiger partial charge in [0.2, 0.25) is 0 Å². The molecule has 0 saturated carbocycles. The zero-order chi connectivity index (χ0) is 14.0. The van der Waals surface area contributed by atoms with Gasteiger partial charge in [-0.1, -0.05) is 36.7 Å². The van der Waals surface area contributed by atoms with Crippen molar-refractivity contribution in [2.24, 2.45) is 5.73 Å². The largest absolute Gasteiger partial charge is 0.305 e. The van der Waals surface area contributed by atoms with Crippen LogP contribution in [0.15, 0.2) is 42.5 Å². The van der Waals surface area contributed by atoms with E-state index >= 15 is 0 Å². The molecule has 0 radical (unpaired) electrons. The standard InChI is InChI=1S/C15H14ClF2N/c1-2-10-9-12(5-8-14(10)18)15(16,19)11-3-6-13(17)7-4-11/h3-9H,2,19H2,1H3. The number of hydrogen-bond donors (Lipinski definition) is 1. The maximum absolute atomic E-state index is 13.5. The van der Waals surface area contributed by atoms with Crippen molar-refractivity contribution in [3.05, 3.63) is 70.8 Å². The van der Waals surface area contributed by atoms with Crippen LogP contribution in [0.3, 0.4) is 0 Å². The van der Waals surface area contributed by atoms with E-state index < -0.39 is 5.00 Å². The average Bonchev–Trinajstić information content (AvgIpc) is 2.39. The highest BCUT2D eigenvalue weighted by atomic mass is 35.5. The molecule has 4 heteroatoms.